The Bertz CT molecular complexity index is 977. The van der Waals surface area contributed by atoms with Gasteiger partial charge in [0, 0.05) is 18.0 Å². The van der Waals surface area contributed by atoms with Crippen LogP contribution in [-0.2, 0) is 11.8 Å². The van der Waals surface area contributed by atoms with Crippen molar-refractivity contribution in [1.29, 1.82) is 0 Å². The van der Waals surface area contributed by atoms with Gasteiger partial charge >= 0.3 is 5.97 Å². The van der Waals surface area contributed by atoms with Gasteiger partial charge in [-0.15, -0.1) is 0 Å². The Labute approximate surface area is 137 Å². The molecule has 0 aliphatic heterocycles. The lowest BCUT2D eigenvalue weighted by atomic mass is 10.1. The van der Waals surface area contributed by atoms with Gasteiger partial charge in [0.25, 0.3) is 5.56 Å². The fourth-order valence-corrected chi connectivity index (χ4v) is 2.36. The minimum absolute atomic E-state index is 0.00793. The number of carbonyl (C=O) groups excluding carboxylic acids is 2. The van der Waals surface area contributed by atoms with Gasteiger partial charge in [-0.2, -0.15) is 5.10 Å². The van der Waals surface area contributed by atoms with Crippen LogP contribution in [0.15, 0.2) is 59.4 Å². The van der Waals surface area contributed by atoms with Crippen molar-refractivity contribution in [3.63, 3.8) is 0 Å². The molecule has 0 N–H and O–H groups in total. The Morgan fingerprint density at radius 2 is 1.62 bits per heavy atom. The third kappa shape index (κ3) is 2.94. The zero-order chi connectivity index (χ0) is 17.1. The number of hydrogen-bond acceptors (Lipinski definition) is 5. The molecule has 6 heteroatoms. The number of benzene rings is 2. The van der Waals surface area contributed by atoms with Gasteiger partial charge in [0.2, 0.25) is 0 Å². The predicted octanol–water partition coefficient (Wildman–Crippen LogP) is 1.97. The molecule has 24 heavy (non-hydrogen) atoms. The molecule has 0 saturated heterocycles. The number of rotatable bonds is 4. The lowest BCUT2D eigenvalue weighted by Crippen LogP contribution is -2.24. The van der Waals surface area contributed by atoms with Gasteiger partial charge in [-0.25, -0.2) is 9.48 Å². The largest absolute Gasteiger partial charge is 0.452 e. The number of carbonyl (C=O) groups is 2. The zero-order valence-electron chi connectivity index (χ0n) is 12.9. The normalized spacial score (nSPS) is 10.5. The molecular formula is C18H14N2O4. The Balaban J connectivity index is 1.86. The van der Waals surface area contributed by atoms with Crippen LogP contribution in [0.2, 0.25) is 0 Å². The van der Waals surface area contributed by atoms with E-state index in [1.165, 1.54) is 7.05 Å². The summed E-state index contributed by atoms with van der Waals surface area (Å²) < 4.78 is 6.16. The van der Waals surface area contributed by atoms with Crippen molar-refractivity contribution >= 4 is 22.5 Å². The van der Waals surface area contributed by atoms with Gasteiger partial charge in [0.15, 0.2) is 18.1 Å². The highest BCUT2D eigenvalue weighted by Gasteiger charge is 2.18. The number of ether oxygens (including phenoxy) is 1. The first-order chi connectivity index (χ1) is 11.6. The van der Waals surface area contributed by atoms with E-state index in [4.69, 9.17) is 4.74 Å². The van der Waals surface area contributed by atoms with Crippen LogP contribution >= 0.6 is 0 Å². The Morgan fingerprint density at radius 1 is 1.00 bits per heavy atom. The minimum atomic E-state index is -0.744. The number of aryl methyl sites for hydroxylation is 1. The second-order valence-corrected chi connectivity index (χ2v) is 5.19. The van der Waals surface area contributed by atoms with E-state index in [0.717, 1.165) is 4.68 Å². The molecule has 1 heterocycles. The fraction of sp³-hybridized carbons (Fsp3) is 0.111. The van der Waals surface area contributed by atoms with E-state index in [-0.39, 0.29) is 23.6 Å². The summed E-state index contributed by atoms with van der Waals surface area (Å²) in [7, 11) is 1.46. The molecule has 0 aliphatic rings. The van der Waals surface area contributed by atoms with E-state index < -0.39 is 5.97 Å². The van der Waals surface area contributed by atoms with E-state index in [1.807, 2.05) is 0 Å². The quantitative estimate of drug-likeness (QED) is 0.542. The van der Waals surface area contributed by atoms with Gasteiger partial charge < -0.3 is 4.74 Å². The van der Waals surface area contributed by atoms with Crippen LogP contribution in [0.3, 0.4) is 0 Å². The van der Waals surface area contributed by atoms with Gasteiger partial charge in [0.05, 0.1) is 5.39 Å². The summed E-state index contributed by atoms with van der Waals surface area (Å²) in [5, 5.41) is 4.74. The Morgan fingerprint density at radius 3 is 2.33 bits per heavy atom. The third-order valence-electron chi connectivity index (χ3n) is 3.58. The maximum Gasteiger partial charge on any atom is 0.359 e. The highest BCUT2D eigenvalue weighted by Crippen LogP contribution is 2.14. The lowest BCUT2D eigenvalue weighted by Gasteiger charge is -2.08. The van der Waals surface area contributed by atoms with Gasteiger partial charge in [-0.1, -0.05) is 48.5 Å². The van der Waals surface area contributed by atoms with Crippen molar-refractivity contribution in [2.75, 3.05) is 6.61 Å². The molecule has 0 aliphatic carbocycles. The second kappa shape index (κ2) is 6.45. The summed E-state index contributed by atoms with van der Waals surface area (Å²) in [6.07, 6.45) is 0. The summed E-state index contributed by atoms with van der Waals surface area (Å²) in [6.45, 7) is -0.387. The SMILES string of the molecule is Cn1nc(C(=O)OCC(=O)c2ccccc2)c2ccccc2c1=O. The molecule has 6 nitrogen and oxygen atoms in total. The average Bonchev–Trinajstić information content (AvgIpc) is 2.63. The van der Waals surface area contributed by atoms with Crippen LogP contribution in [0, 0.1) is 0 Å². The fourth-order valence-electron chi connectivity index (χ4n) is 2.36. The van der Waals surface area contributed by atoms with E-state index in [2.05, 4.69) is 5.10 Å². The lowest BCUT2D eigenvalue weighted by molar-refractivity contribution is 0.0469. The molecule has 0 atom stereocenters. The summed E-state index contributed by atoms with van der Waals surface area (Å²) in [4.78, 5) is 36.4. The van der Waals surface area contributed by atoms with Crippen molar-refractivity contribution < 1.29 is 14.3 Å². The zero-order valence-corrected chi connectivity index (χ0v) is 12.9. The molecule has 3 rings (SSSR count). The van der Waals surface area contributed by atoms with Crippen molar-refractivity contribution in [2.45, 2.75) is 0 Å². The van der Waals surface area contributed by atoms with Crippen LogP contribution < -0.4 is 5.56 Å². The van der Waals surface area contributed by atoms with Crippen molar-refractivity contribution in [3.8, 4) is 0 Å². The molecule has 120 valence electrons. The van der Waals surface area contributed by atoms with E-state index in [1.54, 1.807) is 54.6 Å². The predicted molar refractivity (Wildman–Crippen MR) is 88.0 cm³/mol. The molecular weight excluding hydrogens is 308 g/mol. The summed E-state index contributed by atoms with van der Waals surface area (Å²) in [5.41, 5.74) is 0.166. The van der Waals surface area contributed by atoms with Crippen molar-refractivity contribution in [1.82, 2.24) is 9.78 Å². The van der Waals surface area contributed by atoms with Crippen molar-refractivity contribution in [3.05, 3.63) is 76.2 Å². The molecule has 0 unspecified atom stereocenters. The summed E-state index contributed by atoms with van der Waals surface area (Å²) >= 11 is 0. The Hall–Kier alpha value is -3.28. The highest BCUT2D eigenvalue weighted by molar-refractivity contribution is 6.04. The summed E-state index contributed by atoms with van der Waals surface area (Å²) in [5.74, 6) is -1.05. The van der Waals surface area contributed by atoms with Crippen LogP contribution in [0.1, 0.15) is 20.8 Å². The standard InChI is InChI=1S/C18H14N2O4/c1-20-17(22)14-10-6-5-9-13(14)16(19-20)18(23)24-11-15(21)12-7-3-2-4-8-12/h2-10H,11H2,1H3. The van der Waals surface area contributed by atoms with Crippen molar-refractivity contribution in [2.24, 2.45) is 7.05 Å². The minimum Gasteiger partial charge on any atom is -0.452 e. The number of nitrogens with zero attached hydrogens (tertiary/aromatic N) is 2. The first-order valence-corrected chi connectivity index (χ1v) is 7.29. The van der Waals surface area contributed by atoms with E-state index >= 15 is 0 Å². The maximum absolute atomic E-state index is 12.3. The van der Waals surface area contributed by atoms with Gasteiger partial charge in [-0.05, 0) is 6.07 Å². The first-order valence-electron chi connectivity index (χ1n) is 7.29. The molecule has 0 bridgehead atoms. The van der Waals surface area contributed by atoms with E-state index in [9.17, 15) is 14.4 Å². The van der Waals surface area contributed by atoms with Crippen LogP contribution in [0.5, 0.6) is 0 Å². The van der Waals surface area contributed by atoms with Gasteiger partial charge in [-0.3, -0.25) is 9.59 Å². The smallest absolute Gasteiger partial charge is 0.359 e. The van der Waals surface area contributed by atoms with Crippen LogP contribution in [0.25, 0.3) is 10.8 Å². The Kier molecular flexibility index (Phi) is 4.20. The molecule has 2 aromatic carbocycles. The third-order valence-corrected chi connectivity index (χ3v) is 3.58. The first kappa shape index (κ1) is 15.6. The number of hydrogen-bond donors (Lipinski definition) is 0. The monoisotopic (exact) mass is 322 g/mol. The summed E-state index contributed by atoms with van der Waals surface area (Å²) in [6, 6.07) is 15.2. The molecule has 0 spiro atoms. The van der Waals surface area contributed by atoms with E-state index in [0.29, 0.717) is 16.3 Å². The molecule has 0 radical (unpaired) electrons. The number of aromatic nitrogens is 2. The number of ketones is 1. The topological polar surface area (TPSA) is 78.3 Å². The molecule has 0 amide bonds. The van der Waals surface area contributed by atoms with Crippen LogP contribution in [-0.4, -0.2) is 28.1 Å². The molecule has 1 aromatic heterocycles. The number of esters is 1. The highest BCUT2D eigenvalue weighted by atomic mass is 16.5. The number of Topliss-reactive ketones (excluding diaryl/α,β-unsaturated/α-hetero) is 1. The second-order valence-electron chi connectivity index (χ2n) is 5.19. The average molecular weight is 322 g/mol. The molecule has 0 saturated carbocycles. The van der Waals surface area contributed by atoms with Crippen LogP contribution in [0.4, 0.5) is 0 Å². The molecule has 0 fully saturated rings. The number of fused-ring (bicyclic) bond motifs is 1. The maximum atomic E-state index is 12.3. The van der Waals surface area contributed by atoms with Gasteiger partial charge in [0.1, 0.15) is 0 Å². The molecule has 3 aromatic rings.